The first-order chi connectivity index (χ1) is 4.26. The largest absolute Gasteiger partial charge is 0.0716 e. The maximum absolute atomic E-state index is 3.98. The highest BCUT2D eigenvalue weighted by molar-refractivity contribution is 5.15. The molecule has 0 aromatic heterocycles. The summed E-state index contributed by atoms with van der Waals surface area (Å²) < 4.78 is 0. The molecule has 1 radical (unpaired) electrons. The fourth-order valence-corrected chi connectivity index (χ4v) is 1.000. The van der Waals surface area contributed by atoms with Gasteiger partial charge in [0, 0.05) is 0 Å². The quantitative estimate of drug-likeness (QED) is 0.542. The number of hydrogen-bond acceptors (Lipinski definition) is 0. The minimum absolute atomic E-state index is 1.11. The van der Waals surface area contributed by atoms with Gasteiger partial charge in [-0.2, -0.15) is 0 Å². The third kappa shape index (κ3) is 2.69. The summed E-state index contributed by atoms with van der Waals surface area (Å²) in [6.45, 7) is 10.5. The molecule has 0 N–H and O–H groups in total. The van der Waals surface area contributed by atoms with Gasteiger partial charge in [-0.15, -0.1) is 0 Å². The fraction of sp³-hybridized carbons (Fsp3) is 0.667. The summed E-state index contributed by atoms with van der Waals surface area (Å²) in [6.07, 6.45) is 3.45. The zero-order chi connectivity index (χ0) is 7.28. The Hall–Kier alpha value is -0.260. The van der Waals surface area contributed by atoms with Gasteiger partial charge in [-0.3, -0.25) is 0 Å². The Bertz CT molecular complexity index is 92.6. The highest BCUT2D eigenvalue weighted by atomic mass is 14.0. The maximum Gasteiger partial charge on any atom is -0.0280 e. The van der Waals surface area contributed by atoms with Crippen molar-refractivity contribution in [2.75, 3.05) is 0 Å². The molecule has 0 spiro atoms. The van der Waals surface area contributed by atoms with Crippen LogP contribution < -0.4 is 0 Å². The van der Waals surface area contributed by atoms with Gasteiger partial charge < -0.3 is 0 Å². The summed E-state index contributed by atoms with van der Waals surface area (Å²) in [7, 11) is 0. The number of rotatable bonds is 3. The van der Waals surface area contributed by atoms with E-state index in [1.165, 1.54) is 24.0 Å². The Morgan fingerprint density at radius 2 is 1.44 bits per heavy atom. The van der Waals surface area contributed by atoms with E-state index in [0.717, 1.165) is 6.42 Å². The molecule has 0 amide bonds. The molecule has 0 bridgehead atoms. The zero-order valence-electron chi connectivity index (χ0n) is 6.83. The Morgan fingerprint density at radius 3 is 1.56 bits per heavy atom. The predicted octanol–water partition coefficient (Wildman–Crippen LogP) is 3.35. The van der Waals surface area contributed by atoms with Crippen LogP contribution in [0.4, 0.5) is 0 Å². The van der Waals surface area contributed by atoms with Gasteiger partial charge in [0.1, 0.15) is 0 Å². The molecule has 53 valence electrons. The molecule has 0 atom stereocenters. The SMILES string of the molecule is [CH2]C(CC)=C(CC)CC. The third-order valence-corrected chi connectivity index (χ3v) is 1.78. The molecule has 0 heteroatoms. The van der Waals surface area contributed by atoms with Crippen LogP contribution in [0.2, 0.25) is 0 Å². The van der Waals surface area contributed by atoms with Crippen LogP contribution in [0.25, 0.3) is 0 Å². The van der Waals surface area contributed by atoms with Crippen LogP contribution in [0.5, 0.6) is 0 Å². The predicted molar refractivity (Wildman–Crippen MR) is 43.3 cm³/mol. The van der Waals surface area contributed by atoms with Gasteiger partial charge in [0.2, 0.25) is 0 Å². The van der Waals surface area contributed by atoms with Gasteiger partial charge in [0.15, 0.2) is 0 Å². The molecular formula is C9H17. The van der Waals surface area contributed by atoms with Crippen molar-refractivity contribution >= 4 is 0 Å². The van der Waals surface area contributed by atoms with Gasteiger partial charge in [-0.25, -0.2) is 0 Å². The molecule has 0 aliphatic carbocycles. The van der Waals surface area contributed by atoms with E-state index in [0.29, 0.717) is 0 Å². The molecule has 0 aliphatic rings. The van der Waals surface area contributed by atoms with Crippen LogP contribution in [0.3, 0.4) is 0 Å². The number of allylic oxidation sites excluding steroid dienone is 2. The maximum atomic E-state index is 3.98. The van der Waals surface area contributed by atoms with E-state index in [-0.39, 0.29) is 0 Å². The van der Waals surface area contributed by atoms with Crippen LogP contribution in [-0.4, -0.2) is 0 Å². The van der Waals surface area contributed by atoms with Gasteiger partial charge in [0.05, 0.1) is 0 Å². The van der Waals surface area contributed by atoms with E-state index in [1.54, 1.807) is 0 Å². The molecule has 9 heavy (non-hydrogen) atoms. The average molecular weight is 125 g/mol. The molecule has 0 unspecified atom stereocenters. The van der Waals surface area contributed by atoms with E-state index >= 15 is 0 Å². The summed E-state index contributed by atoms with van der Waals surface area (Å²) in [5.41, 5.74) is 2.86. The van der Waals surface area contributed by atoms with E-state index in [4.69, 9.17) is 0 Å². The summed E-state index contributed by atoms with van der Waals surface area (Å²) in [5.74, 6) is 0. The van der Waals surface area contributed by atoms with E-state index < -0.39 is 0 Å². The summed E-state index contributed by atoms with van der Waals surface area (Å²) in [5, 5.41) is 0. The summed E-state index contributed by atoms with van der Waals surface area (Å²) in [6, 6.07) is 0. The minimum Gasteiger partial charge on any atom is -0.0716 e. The lowest BCUT2D eigenvalue weighted by molar-refractivity contribution is 0.929. The molecule has 0 saturated carbocycles. The van der Waals surface area contributed by atoms with E-state index in [1.807, 2.05) is 0 Å². The Kier molecular flexibility index (Phi) is 4.47. The van der Waals surface area contributed by atoms with Crippen LogP contribution in [0.1, 0.15) is 40.0 Å². The van der Waals surface area contributed by atoms with Crippen molar-refractivity contribution in [3.05, 3.63) is 18.1 Å². The first kappa shape index (κ1) is 8.74. The van der Waals surface area contributed by atoms with Gasteiger partial charge in [-0.1, -0.05) is 31.9 Å². The second-order valence-electron chi connectivity index (χ2n) is 2.27. The van der Waals surface area contributed by atoms with Crippen molar-refractivity contribution in [2.45, 2.75) is 40.0 Å². The number of hydrogen-bond donors (Lipinski definition) is 0. The van der Waals surface area contributed by atoms with Gasteiger partial charge >= 0.3 is 0 Å². The molecule has 0 aromatic carbocycles. The lowest BCUT2D eigenvalue weighted by Gasteiger charge is -2.03. The molecule has 0 aliphatic heterocycles. The molecule has 0 heterocycles. The van der Waals surface area contributed by atoms with Crippen molar-refractivity contribution < 1.29 is 0 Å². The smallest absolute Gasteiger partial charge is 0.0280 e. The van der Waals surface area contributed by atoms with Crippen LogP contribution >= 0.6 is 0 Å². The van der Waals surface area contributed by atoms with Crippen molar-refractivity contribution in [1.29, 1.82) is 0 Å². The van der Waals surface area contributed by atoms with Crippen LogP contribution in [-0.2, 0) is 0 Å². The molecular weight excluding hydrogens is 108 g/mol. The Balaban J connectivity index is 4.01. The van der Waals surface area contributed by atoms with Crippen molar-refractivity contribution in [2.24, 2.45) is 0 Å². The van der Waals surface area contributed by atoms with E-state index in [9.17, 15) is 0 Å². The van der Waals surface area contributed by atoms with E-state index in [2.05, 4.69) is 27.7 Å². The second kappa shape index (κ2) is 4.60. The molecule has 0 rings (SSSR count). The summed E-state index contributed by atoms with van der Waals surface area (Å²) in [4.78, 5) is 0. The Labute approximate surface area is 59.0 Å². The highest BCUT2D eigenvalue weighted by Crippen LogP contribution is 2.13. The molecule has 0 nitrogen and oxygen atoms in total. The average Bonchev–Trinajstić information content (AvgIpc) is 1.90. The fourth-order valence-electron chi connectivity index (χ4n) is 1.000. The monoisotopic (exact) mass is 125 g/mol. The van der Waals surface area contributed by atoms with Gasteiger partial charge in [-0.05, 0) is 26.2 Å². The van der Waals surface area contributed by atoms with Crippen molar-refractivity contribution in [3.63, 3.8) is 0 Å². The van der Waals surface area contributed by atoms with Crippen LogP contribution in [0, 0.1) is 6.92 Å². The van der Waals surface area contributed by atoms with Gasteiger partial charge in [0.25, 0.3) is 0 Å². The standard InChI is InChI=1S/C9H17/c1-5-8(4)9(6-2)7-3/h4-7H2,1-3H3. The highest BCUT2D eigenvalue weighted by Gasteiger charge is 1.93. The summed E-state index contributed by atoms with van der Waals surface area (Å²) >= 11 is 0. The first-order valence-corrected chi connectivity index (χ1v) is 3.79. The molecule has 0 aromatic rings. The lowest BCUT2D eigenvalue weighted by Crippen LogP contribution is -1.83. The lowest BCUT2D eigenvalue weighted by atomic mass is 10.0. The molecule has 0 fully saturated rings. The van der Waals surface area contributed by atoms with Crippen molar-refractivity contribution in [3.8, 4) is 0 Å². The second-order valence-corrected chi connectivity index (χ2v) is 2.27. The zero-order valence-corrected chi connectivity index (χ0v) is 6.83. The van der Waals surface area contributed by atoms with Crippen LogP contribution in [0.15, 0.2) is 11.1 Å². The first-order valence-electron chi connectivity index (χ1n) is 3.79. The third-order valence-electron chi connectivity index (χ3n) is 1.78. The normalized spacial score (nSPS) is 9.33. The Morgan fingerprint density at radius 1 is 1.00 bits per heavy atom. The topological polar surface area (TPSA) is 0 Å². The minimum atomic E-state index is 1.11. The van der Waals surface area contributed by atoms with Crippen molar-refractivity contribution in [1.82, 2.24) is 0 Å². The molecule has 0 saturated heterocycles.